The van der Waals surface area contributed by atoms with Gasteiger partial charge in [-0.15, -0.1) is 0 Å². The highest BCUT2D eigenvalue weighted by atomic mass is 16.1. The Balaban J connectivity index is 4.02. The molecule has 0 aromatic heterocycles. The molecule has 0 spiro atoms. The van der Waals surface area contributed by atoms with Crippen LogP contribution in [0.25, 0.3) is 0 Å². The Hall–Kier alpha value is -0.830. The van der Waals surface area contributed by atoms with Crippen LogP contribution in [0.5, 0.6) is 0 Å². The molecule has 0 aliphatic carbocycles. The molecule has 0 saturated heterocycles. The lowest BCUT2D eigenvalue weighted by molar-refractivity contribution is -0.114. The summed E-state index contributed by atoms with van der Waals surface area (Å²) in [7, 11) is 0. The van der Waals surface area contributed by atoms with Gasteiger partial charge in [-0.3, -0.25) is 4.79 Å². The first-order valence-corrected chi connectivity index (χ1v) is 3.85. The zero-order valence-electron chi connectivity index (χ0n) is 7.18. The smallest absolute Gasteiger partial charge is 0.245 e. The average Bonchev–Trinajstić information content (AvgIpc) is 1.98. The molecule has 11 heavy (non-hydrogen) atoms. The van der Waals surface area contributed by atoms with Crippen LogP contribution in [0, 0.1) is 0 Å². The van der Waals surface area contributed by atoms with E-state index in [1.807, 2.05) is 13.8 Å². The lowest BCUT2D eigenvalue weighted by Crippen LogP contribution is -2.35. The predicted octanol–water partition coefficient (Wildman–Crippen LogP) is 0.416. The summed E-state index contributed by atoms with van der Waals surface area (Å²) in [5.41, 5.74) is 5.53. The topological polar surface area (TPSA) is 55.1 Å². The summed E-state index contributed by atoms with van der Waals surface area (Å²) < 4.78 is 0. The molecule has 0 heterocycles. The SMILES string of the molecule is C=C(C(N)=O)C(CC)NCC. The van der Waals surface area contributed by atoms with Gasteiger partial charge in [-0.05, 0) is 13.0 Å². The van der Waals surface area contributed by atoms with Crippen LogP contribution in [0.2, 0.25) is 0 Å². The second kappa shape index (κ2) is 4.91. The van der Waals surface area contributed by atoms with E-state index in [9.17, 15) is 4.79 Å². The third-order valence-electron chi connectivity index (χ3n) is 1.60. The number of nitrogens with one attached hydrogen (secondary N) is 1. The van der Waals surface area contributed by atoms with Crippen molar-refractivity contribution in [3.63, 3.8) is 0 Å². The molecule has 0 aliphatic rings. The summed E-state index contributed by atoms with van der Waals surface area (Å²) in [4.78, 5) is 10.7. The fourth-order valence-electron chi connectivity index (χ4n) is 0.932. The van der Waals surface area contributed by atoms with Gasteiger partial charge in [0.25, 0.3) is 0 Å². The van der Waals surface area contributed by atoms with E-state index in [1.54, 1.807) is 0 Å². The van der Waals surface area contributed by atoms with Gasteiger partial charge in [0, 0.05) is 11.6 Å². The highest BCUT2D eigenvalue weighted by molar-refractivity contribution is 5.92. The molecule has 1 atom stereocenters. The number of primary amides is 1. The highest BCUT2D eigenvalue weighted by Crippen LogP contribution is 2.02. The minimum absolute atomic E-state index is 0.0394. The summed E-state index contributed by atoms with van der Waals surface area (Å²) in [6, 6.07) is 0.0394. The molecule has 0 radical (unpaired) electrons. The molecule has 1 amide bonds. The third kappa shape index (κ3) is 3.18. The Labute approximate surface area is 67.7 Å². The fraction of sp³-hybridized carbons (Fsp3) is 0.625. The quantitative estimate of drug-likeness (QED) is 0.567. The lowest BCUT2D eigenvalue weighted by Gasteiger charge is -2.15. The first kappa shape index (κ1) is 10.2. The van der Waals surface area contributed by atoms with Crippen LogP contribution in [0.3, 0.4) is 0 Å². The summed E-state index contributed by atoms with van der Waals surface area (Å²) in [6.45, 7) is 8.40. The van der Waals surface area contributed by atoms with E-state index in [0.29, 0.717) is 5.57 Å². The minimum Gasteiger partial charge on any atom is -0.366 e. The first-order chi connectivity index (χ1) is 5.13. The monoisotopic (exact) mass is 156 g/mol. The van der Waals surface area contributed by atoms with Crippen molar-refractivity contribution in [1.82, 2.24) is 5.32 Å². The number of hydrogen-bond donors (Lipinski definition) is 2. The molecule has 0 bridgehead atoms. The molecule has 0 aliphatic heterocycles. The largest absolute Gasteiger partial charge is 0.366 e. The van der Waals surface area contributed by atoms with Gasteiger partial charge in [0.05, 0.1) is 0 Å². The minimum atomic E-state index is -0.419. The van der Waals surface area contributed by atoms with Crippen LogP contribution >= 0.6 is 0 Å². The Kier molecular flexibility index (Phi) is 4.54. The van der Waals surface area contributed by atoms with Crippen molar-refractivity contribution in [3.05, 3.63) is 12.2 Å². The molecule has 0 fully saturated rings. The van der Waals surface area contributed by atoms with Crippen LogP contribution in [-0.2, 0) is 4.79 Å². The molecular weight excluding hydrogens is 140 g/mol. The molecule has 0 rings (SSSR count). The zero-order chi connectivity index (χ0) is 8.85. The highest BCUT2D eigenvalue weighted by Gasteiger charge is 2.12. The van der Waals surface area contributed by atoms with Crippen LogP contribution in [-0.4, -0.2) is 18.5 Å². The number of likely N-dealkylation sites (N-methyl/N-ethyl adjacent to an activating group) is 1. The average molecular weight is 156 g/mol. The maximum absolute atomic E-state index is 10.7. The van der Waals surface area contributed by atoms with Gasteiger partial charge < -0.3 is 11.1 Å². The first-order valence-electron chi connectivity index (χ1n) is 3.85. The molecule has 0 aromatic carbocycles. The van der Waals surface area contributed by atoms with E-state index in [1.165, 1.54) is 0 Å². The van der Waals surface area contributed by atoms with E-state index in [0.717, 1.165) is 13.0 Å². The predicted molar refractivity (Wildman–Crippen MR) is 46.1 cm³/mol. The Bertz CT molecular complexity index is 154. The van der Waals surface area contributed by atoms with Gasteiger partial charge >= 0.3 is 0 Å². The van der Waals surface area contributed by atoms with E-state index in [-0.39, 0.29) is 6.04 Å². The van der Waals surface area contributed by atoms with Crippen LogP contribution in [0.4, 0.5) is 0 Å². The van der Waals surface area contributed by atoms with E-state index in [4.69, 9.17) is 5.73 Å². The lowest BCUT2D eigenvalue weighted by atomic mass is 10.1. The summed E-state index contributed by atoms with van der Waals surface area (Å²) >= 11 is 0. The molecule has 3 heteroatoms. The van der Waals surface area contributed by atoms with Crippen molar-refractivity contribution in [2.24, 2.45) is 5.73 Å². The number of rotatable bonds is 5. The number of amides is 1. The van der Waals surface area contributed by atoms with Crippen molar-refractivity contribution in [1.29, 1.82) is 0 Å². The Morgan fingerprint density at radius 1 is 1.64 bits per heavy atom. The van der Waals surface area contributed by atoms with Gasteiger partial charge in [0.1, 0.15) is 0 Å². The van der Waals surface area contributed by atoms with Gasteiger partial charge in [0.15, 0.2) is 0 Å². The van der Waals surface area contributed by atoms with Gasteiger partial charge in [-0.2, -0.15) is 0 Å². The van der Waals surface area contributed by atoms with Crippen LogP contribution < -0.4 is 11.1 Å². The number of carbonyl (C=O) groups excluding carboxylic acids is 1. The second-order valence-electron chi connectivity index (χ2n) is 2.41. The summed E-state index contributed by atoms with van der Waals surface area (Å²) in [6.07, 6.45) is 0.843. The van der Waals surface area contributed by atoms with E-state index in [2.05, 4.69) is 11.9 Å². The number of carbonyl (C=O) groups is 1. The molecule has 0 aromatic rings. The van der Waals surface area contributed by atoms with Crippen LogP contribution in [0.15, 0.2) is 12.2 Å². The Morgan fingerprint density at radius 2 is 2.18 bits per heavy atom. The van der Waals surface area contributed by atoms with E-state index >= 15 is 0 Å². The van der Waals surface area contributed by atoms with Gasteiger partial charge in [0.2, 0.25) is 5.91 Å². The number of hydrogen-bond acceptors (Lipinski definition) is 2. The van der Waals surface area contributed by atoms with Crippen molar-refractivity contribution in [3.8, 4) is 0 Å². The van der Waals surface area contributed by atoms with Crippen molar-refractivity contribution < 1.29 is 4.79 Å². The van der Waals surface area contributed by atoms with E-state index < -0.39 is 5.91 Å². The molecule has 64 valence electrons. The number of nitrogens with two attached hydrogens (primary N) is 1. The maximum atomic E-state index is 10.7. The molecule has 1 unspecified atom stereocenters. The van der Waals surface area contributed by atoms with Crippen molar-refractivity contribution in [2.45, 2.75) is 26.3 Å². The molecule has 3 N–H and O–H groups in total. The fourth-order valence-corrected chi connectivity index (χ4v) is 0.932. The summed E-state index contributed by atoms with van der Waals surface area (Å²) in [5.74, 6) is -0.419. The summed E-state index contributed by atoms with van der Waals surface area (Å²) in [5, 5.41) is 3.11. The van der Waals surface area contributed by atoms with Gasteiger partial charge in [-0.25, -0.2) is 0 Å². The molecular formula is C8H16N2O. The van der Waals surface area contributed by atoms with Crippen molar-refractivity contribution in [2.75, 3.05) is 6.54 Å². The van der Waals surface area contributed by atoms with Crippen LogP contribution in [0.1, 0.15) is 20.3 Å². The zero-order valence-corrected chi connectivity index (χ0v) is 7.18. The maximum Gasteiger partial charge on any atom is 0.245 e. The second-order valence-corrected chi connectivity index (χ2v) is 2.41. The normalized spacial score (nSPS) is 12.5. The standard InChI is InChI=1S/C8H16N2O/c1-4-7(10-5-2)6(3)8(9)11/h7,10H,3-5H2,1-2H3,(H2,9,11). The van der Waals surface area contributed by atoms with Gasteiger partial charge in [-0.1, -0.05) is 20.4 Å². The Morgan fingerprint density at radius 3 is 2.45 bits per heavy atom. The molecule has 3 nitrogen and oxygen atoms in total. The van der Waals surface area contributed by atoms with Crippen molar-refractivity contribution >= 4 is 5.91 Å². The third-order valence-corrected chi connectivity index (χ3v) is 1.60. The molecule has 0 saturated carbocycles.